The third kappa shape index (κ3) is 9.72. The number of Topliss-reactive ketones (excluding diaryl/α,β-unsaturated/α-hetero) is 1. The van der Waals surface area contributed by atoms with Gasteiger partial charge in [-0.3, -0.25) is 14.0 Å². The van der Waals surface area contributed by atoms with Gasteiger partial charge in [-0.15, -0.1) is 0 Å². The molecule has 7 nitrogen and oxygen atoms in total. The maximum Gasteiger partial charge on any atom is 0.220 e. The van der Waals surface area contributed by atoms with Gasteiger partial charge in [0.05, 0.1) is 26.4 Å². The molecule has 8 heteroatoms. The molecule has 1 saturated heterocycles. The van der Waals surface area contributed by atoms with Crippen LogP contribution in [0.1, 0.15) is 73.4 Å². The van der Waals surface area contributed by atoms with E-state index in [-0.39, 0.29) is 18.4 Å². The Labute approximate surface area is 225 Å². The summed E-state index contributed by atoms with van der Waals surface area (Å²) >= 11 is 0. The number of nitrogens with one attached hydrogen (secondary N) is 1. The van der Waals surface area contributed by atoms with E-state index in [9.17, 15) is 19.1 Å². The van der Waals surface area contributed by atoms with Gasteiger partial charge >= 0.3 is 0 Å². The van der Waals surface area contributed by atoms with Crippen LogP contribution >= 0.6 is 0 Å². The lowest BCUT2D eigenvalue weighted by molar-refractivity contribution is -0.123. The summed E-state index contributed by atoms with van der Waals surface area (Å²) in [6.07, 6.45) is 4.39. The first-order chi connectivity index (χ1) is 18.5. The molecule has 0 radical (unpaired) electrons. The Bertz CT molecular complexity index is 977. The average molecular weight is 529 g/mol. The number of nitrogens with zero attached hydrogens (tertiary/aromatic N) is 1. The molecule has 2 aromatic carbocycles. The molecule has 0 unspecified atom stereocenters. The van der Waals surface area contributed by atoms with E-state index < -0.39 is 12.1 Å². The molecule has 0 aromatic heterocycles. The molecule has 1 amide bonds. The molecule has 1 fully saturated rings. The Morgan fingerprint density at radius 1 is 0.947 bits per heavy atom. The number of carbonyl (C=O) groups excluding carboxylic acids is 2. The van der Waals surface area contributed by atoms with E-state index in [1.54, 1.807) is 43.5 Å². The van der Waals surface area contributed by atoms with Crippen LogP contribution in [0.4, 0.5) is 4.39 Å². The van der Waals surface area contributed by atoms with Crippen LogP contribution in [0.5, 0.6) is 11.5 Å². The second-order valence-electron chi connectivity index (χ2n) is 9.80. The molecular formula is C30H41FN2O5. The van der Waals surface area contributed by atoms with Gasteiger partial charge < -0.3 is 24.8 Å². The molecule has 38 heavy (non-hydrogen) atoms. The minimum atomic E-state index is -0.864. The van der Waals surface area contributed by atoms with E-state index in [2.05, 4.69) is 10.2 Å². The van der Waals surface area contributed by atoms with E-state index in [0.717, 1.165) is 25.9 Å². The topological polar surface area (TPSA) is 88.1 Å². The number of ketones is 1. The number of hydrogen-bond acceptors (Lipinski definition) is 6. The van der Waals surface area contributed by atoms with Crippen LogP contribution in [0.2, 0.25) is 0 Å². The molecule has 208 valence electrons. The number of hydrogen-bond donors (Lipinski definition) is 2. The summed E-state index contributed by atoms with van der Waals surface area (Å²) in [7, 11) is 1.59. The fourth-order valence-electron chi connectivity index (χ4n) is 4.62. The van der Waals surface area contributed by atoms with Crippen LogP contribution in [-0.4, -0.2) is 67.8 Å². The zero-order valence-corrected chi connectivity index (χ0v) is 22.4. The average Bonchev–Trinajstić information content (AvgIpc) is 3.46. The van der Waals surface area contributed by atoms with Crippen molar-refractivity contribution in [3.63, 3.8) is 0 Å². The van der Waals surface area contributed by atoms with Gasteiger partial charge in [0, 0.05) is 24.9 Å². The van der Waals surface area contributed by atoms with Gasteiger partial charge in [0.25, 0.3) is 0 Å². The van der Waals surface area contributed by atoms with Crippen molar-refractivity contribution in [1.29, 1.82) is 0 Å². The number of alkyl halides is 1. The van der Waals surface area contributed by atoms with Crippen molar-refractivity contribution in [1.82, 2.24) is 10.2 Å². The van der Waals surface area contributed by atoms with Gasteiger partial charge in [-0.05, 0) is 93.6 Å². The van der Waals surface area contributed by atoms with E-state index in [4.69, 9.17) is 9.47 Å². The second-order valence-corrected chi connectivity index (χ2v) is 9.80. The standard InChI is InChI=1S/C30H41FN2O5/c1-37-25-14-10-23(11-15-25)28(34)8-2-3-9-29(35)32-27(22-33-19-5-6-20-33)30(36)24-12-16-26(17-13-24)38-21-7-4-18-31/h10-17,27,30,36H,2-9,18-22H2,1H3,(H,32,35)/t27-,30-/m1/s1. The number of methoxy groups -OCH3 is 1. The highest BCUT2D eigenvalue weighted by Gasteiger charge is 2.26. The van der Waals surface area contributed by atoms with Gasteiger partial charge in [-0.25, -0.2) is 0 Å². The molecule has 1 aliphatic rings. The van der Waals surface area contributed by atoms with Crippen molar-refractivity contribution in [3.8, 4) is 11.5 Å². The fraction of sp³-hybridized carbons (Fsp3) is 0.533. The summed E-state index contributed by atoms with van der Waals surface area (Å²) in [5, 5.41) is 14.2. The third-order valence-corrected chi connectivity index (χ3v) is 6.87. The van der Waals surface area contributed by atoms with Crippen molar-refractivity contribution in [2.75, 3.05) is 40.0 Å². The maximum atomic E-state index is 12.8. The third-order valence-electron chi connectivity index (χ3n) is 6.87. The van der Waals surface area contributed by atoms with Crippen molar-refractivity contribution in [2.45, 2.75) is 63.5 Å². The Morgan fingerprint density at radius 3 is 2.26 bits per heavy atom. The number of halogens is 1. The highest BCUT2D eigenvalue weighted by atomic mass is 19.1. The first-order valence-corrected chi connectivity index (χ1v) is 13.7. The Morgan fingerprint density at radius 2 is 1.61 bits per heavy atom. The number of ether oxygens (including phenoxy) is 2. The first kappa shape index (κ1) is 29.6. The number of benzene rings is 2. The monoisotopic (exact) mass is 528 g/mol. The molecule has 1 aliphatic heterocycles. The quantitative estimate of drug-likeness (QED) is 0.225. The zero-order valence-electron chi connectivity index (χ0n) is 22.4. The predicted octanol–water partition coefficient (Wildman–Crippen LogP) is 4.88. The van der Waals surface area contributed by atoms with Crippen LogP contribution in [0.3, 0.4) is 0 Å². The normalized spacial score (nSPS) is 15.1. The smallest absolute Gasteiger partial charge is 0.220 e. The summed E-state index contributed by atoms with van der Waals surface area (Å²) in [4.78, 5) is 27.5. The molecule has 0 bridgehead atoms. The van der Waals surface area contributed by atoms with Gasteiger partial charge in [0.15, 0.2) is 5.78 Å². The lowest BCUT2D eigenvalue weighted by Gasteiger charge is -2.29. The Hall–Kier alpha value is -2.97. The number of aliphatic hydroxyl groups excluding tert-OH is 1. The molecule has 3 rings (SSSR count). The number of carbonyl (C=O) groups is 2. The number of unbranched alkanes of at least 4 members (excludes halogenated alkanes) is 2. The van der Waals surface area contributed by atoms with Gasteiger partial charge in [-0.2, -0.15) is 0 Å². The van der Waals surface area contributed by atoms with Crippen molar-refractivity contribution >= 4 is 11.7 Å². The zero-order chi connectivity index (χ0) is 27.2. The highest BCUT2D eigenvalue weighted by molar-refractivity contribution is 5.96. The minimum absolute atomic E-state index is 0.0465. The number of amides is 1. The van der Waals surface area contributed by atoms with E-state index in [0.29, 0.717) is 74.3 Å². The highest BCUT2D eigenvalue weighted by Crippen LogP contribution is 2.23. The fourth-order valence-corrected chi connectivity index (χ4v) is 4.62. The van der Waals surface area contributed by atoms with Crippen LogP contribution < -0.4 is 14.8 Å². The minimum Gasteiger partial charge on any atom is -0.497 e. The predicted molar refractivity (Wildman–Crippen MR) is 146 cm³/mol. The van der Waals surface area contributed by atoms with Crippen LogP contribution in [0.15, 0.2) is 48.5 Å². The van der Waals surface area contributed by atoms with Gasteiger partial charge in [0.1, 0.15) is 17.6 Å². The molecule has 2 aromatic rings. The van der Waals surface area contributed by atoms with Crippen molar-refractivity contribution in [3.05, 3.63) is 59.7 Å². The molecular weight excluding hydrogens is 487 g/mol. The van der Waals surface area contributed by atoms with E-state index in [1.165, 1.54) is 0 Å². The lowest BCUT2D eigenvalue weighted by Crippen LogP contribution is -2.46. The Kier molecular flexibility index (Phi) is 12.5. The van der Waals surface area contributed by atoms with Crippen LogP contribution in [0.25, 0.3) is 0 Å². The summed E-state index contributed by atoms with van der Waals surface area (Å²) < 4.78 is 23.0. The summed E-state index contributed by atoms with van der Waals surface area (Å²) in [6.45, 7) is 2.59. The van der Waals surface area contributed by atoms with Crippen LogP contribution in [-0.2, 0) is 4.79 Å². The molecule has 1 heterocycles. The number of likely N-dealkylation sites (tertiary alicyclic amines) is 1. The van der Waals surface area contributed by atoms with Gasteiger partial charge in [0.2, 0.25) is 5.91 Å². The summed E-state index contributed by atoms with van der Waals surface area (Å²) in [5.41, 5.74) is 1.34. The first-order valence-electron chi connectivity index (χ1n) is 13.7. The molecule has 0 aliphatic carbocycles. The number of rotatable bonds is 17. The maximum absolute atomic E-state index is 12.8. The summed E-state index contributed by atoms with van der Waals surface area (Å²) in [6, 6.07) is 13.8. The van der Waals surface area contributed by atoms with Crippen molar-refractivity contribution in [2.24, 2.45) is 0 Å². The molecule has 0 spiro atoms. The van der Waals surface area contributed by atoms with Gasteiger partial charge in [-0.1, -0.05) is 12.1 Å². The SMILES string of the molecule is COc1ccc(C(=O)CCCCC(=O)N[C@H](CN2CCCC2)[C@H](O)c2ccc(OCCCCF)cc2)cc1. The molecule has 2 N–H and O–H groups in total. The van der Waals surface area contributed by atoms with Crippen molar-refractivity contribution < 1.29 is 28.6 Å². The second kappa shape index (κ2) is 16.1. The Balaban J connectivity index is 1.49. The van der Waals surface area contributed by atoms with E-state index >= 15 is 0 Å². The lowest BCUT2D eigenvalue weighted by atomic mass is 10.0. The molecule has 2 atom stereocenters. The van der Waals surface area contributed by atoms with E-state index in [1.807, 2.05) is 12.1 Å². The number of aliphatic hydroxyl groups is 1. The summed E-state index contributed by atoms with van der Waals surface area (Å²) in [5.74, 6) is 1.30. The van der Waals surface area contributed by atoms with Crippen LogP contribution in [0, 0.1) is 0 Å². The largest absolute Gasteiger partial charge is 0.497 e. The molecule has 0 saturated carbocycles.